The maximum Gasteiger partial charge on any atom is 0.347 e. The van der Waals surface area contributed by atoms with Crippen LogP contribution in [0, 0.1) is 74.9 Å². The Morgan fingerprint density at radius 3 is 1.58 bits per heavy atom. The molecule has 71 heavy (non-hydrogen) atoms. The Morgan fingerprint density at radius 1 is 0.620 bits per heavy atom. The molecular formula is C60H100O11. The number of carbonyl (C=O) groups is 5. The number of rotatable bonds is 14. The summed E-state index contributed by atoms with van der Waals surface area (Å²) in [6, 6.07) is 0. The van der Waals surface area contributed by atoms with Gasteiger partial charge in [0.25, 0.3) is 0 Å². The molecule has 10 unspecified atom stereocenters. The van der Waals surface area contributed by atoms with Gasteiger partial charge in [0.15, 0.2) is 0 Å². The molecule has 10 atom stereocenters. The zero-order valence-electron chi connectivity index (χ0n) is 47.4. The molecule has 10 rings (SSSR count). The van der Waals surface area contributed by atoms with E-state index in [4.69, 9.17) is 23.7 Å². The van der Waals surface area contributed by atoms with Crippen molar-refractivity contribution in [3.63, 3.8) is 0 Å². The second-order valence-corrected chi connectivity index (χ2v) is 27.5. The minimum Gasteiger partial charge on any atom is -0.463 e. The van der Waals surface area contributed by atoms with Gasteiger partial charge in [-0.05, 0) is 225 Å². The van der Waals surface area contributed by atoms with Crippen molar-refractivity contribution < 1.29 is 52.8 Å². The molecule has 10 aliphatic rings. The lowest BCUT2D eigenvalue weighted by atomic mass is 9.52. The van der Waals surface area contributed by atoms with E-state index in [1.165, 1.54) is 44.9 Å². The van der Waals surface area contributed by atoms with Gasteiger partial charge < -0.3 is 28.8 Å². The van der Waals surface area contributed by atoms with Crippen molar-refractivity contribution in [3.05, 3.63) is 0 Å². The van der Waals surface area contributed by atoms with Crippen molar-refractivity contribution in [1.82, 2.24) is 0 Å². The number of carbonyl (C=O) groups excluding carboxylic acids is 5. The second kappa shape index (κ2) is 21.5. The van der Waals surface area contributed by atoms with Crippen LogP contribution in [0.5, 0.6) is 0 Å². The van der Waals surface area contributed by atoms with Gasteiger partial charge in [0.2, 0.25) is 6.10 Å². The van der Waals surface area contributed by atoms with Gasteiger partial charge in [0.05, 0.1) is 33.9 Å². The van der Waals surface area contributed by atoms with Gasteiger partial charge in [-0.25, -0.2) is 4.79 Å². The molecule has 11 nitrogen and oxygen atoms in total. The van der Waals surface area contributed by atoms with E-state index < -0.39 is 28.5 Å². The van der Waals surface area contributed by atoms with Gasteiger partial charge in [0, 0.05) is 18.8 Å². The lowest BCUT2D eigenvalue weighted by Crippen LogP contribution is -2.61. The third-order valence-corrected chi connectivity index (χ3v) is 20.8. The third-order valence-electron chi connectivity index (χ3n) is 20.8. The molecule has 11 heteroatoms. The van der Waals surface area contributed by atoms with E-state index in [1.807, 2.05) is 62.3 Å². The van der Waals surface area contributed by atoms with E-state index in [0.29, 0.717) is 49.5 Å². The summed E-state index contributed by atoms with van der Waals surface area (Å²) >= 11 is 0. The largest absolute Gasteiger partial charge is 0.463 e. The Balaban J connectivity index is 0.000000157. The molecule has 406 valence electrons. The van der Waals surface area contributed by atoms with Gasteiger partial charge >= 0.3 is 29.8 Å². The van der Waals surface area contributed by atoms with Crippen LogP contribution in [0.3, 0.4) is 0 Å². The molecule has 0 aromatic heterocycles. The van der Waals surface area contributed by atoms with Gasteiger partial charge in [0.1, 0.15) is 16.8 Å². The number of cyclic esters (lactones) is 1. The summed E-state index contributed by atoms with van der Waals surface area (Å²) in [5.74, 6) is 6.08. The van der Waals surface area contributed by atoms with Gasteiger partial charge in [-0.15, -0.1) is 0 Å². The summed E-state index contributed by atoms with van der Waals surface area (Å²) in [5.41, 5.74) is -2.83. The first-order valence-electron chi connectivity index (χ1n) is 28.8. The molecule has 1 heterocycles. The average Bonchev–Trinajstić information content (AvgIpc) is 4.18. The van der Waals surface area contributed by atoms with Crippen LogP contribution in [-0.2, 0) is 47.7 Å². The number of fused-ring (bicyclic) bond motifs is 9. The van der Waals surface area contributed by atoms with Crippen molar-refractivity contribution >= 4 is 29.8 Å². The van der Waals surface area contributed by atoms with Crippen LogP contribution in [0.2, 0.25) is 0 Å². The summed E-state index contributed by atoms with van der Waals surface area (Å²) < 4.78 is 27.9. The first-order valence-corrected chi connectivity index (χ1v) is 28.8. The molecule has 10 fully saturated rings. The highest BCUT2D eigenvalue weighted by Gasteiger charge is 2.68. The Kier molecular flexibility index (Phi) is 17.4. The van der Waals surface area contributed by atoms with Gasteiger partial charge in [-0.3, -0.25) is 19.2 Å². The van der Waals surface area contributed by atoms with Crippen LogP contribution in [0.25, 0.3) is 0 Å². The summed E-state index contributed by atoms with van der Waals surface area (Å²) in [6.45, 7) is 30.5. The highest BCUT2D eigenvalue weighted by molar-refractivity contribution is 5.83. The van der Waals surface area contributed by atoms with Crippen LogP contribution in [0.15, 0.2) is 0 Å². The standard InChI is InChI=1S/C20H32O2.C16H26O3.C14H26O2.C10H16O4/c1-5-19(3,4)18(21)22-20(6-2)11-14-10-15(20)17-13-8-7-12(9-13)16(14)17;1-4-14(2,3)13(17)19-16-8-11-5-12(9-16)7-15(18,6-11)10-16;1-6-13(4,5)12(15)16-14(11(2)3)9-7-8-10-14;1-4-10(2,3)9(12)14-7-5-6-13-8(7)11/h12-17H,5-11H2,1-4H3;11-12,18H,4-10H2,1-3H3;11H,6-10H2,1-5H3;7H,4-6H2,1-3H3. The molecule has 0 aromatic rings. The van der Waals surface area contributed by atoms with Gasteiger partial charge in [-0.2, -0.15) is 0 Å². The molecule has 9 aliphatic carbocycles. The van der Waals surface area contributed by atoms with Crippen molar-refractivity contribution in [2.24, 2.45) is 74.9 Å². The quantitative estimate of drug-likeness (QED) is 0.101. The zero-order chi connectivity index (χ0) is 52.8. The fourth-order valence-electron chi connectivity index (χ4n) is 14.7. The predicted octanol–water partition coefficient (Wildman–Crippen LogP) is 13.1. The fourth-order valence-corrected chi connectivity index (χ4v) is 14.7. The Hall–Kier alpha value is -2.69. The molecule has 0 aromatic carbocycles. The maximum absolute atomic E-state index is 12.7. The molecule has 1 N–H and O–H groups in total. The first kappa shape index (κ1) is 57.6. The lowest BCUT2D eigenvalue weighted by Gasteiger charge is -2.59. The SMILES string of the molecule is CCC(C)(C)C(=O)OC1(C(C)C)CCCC1.CCC(C)(C)C(=O)OC1(CC)CC2CC1C1C3CCC(C3)C21.CCC(C)(C)C(=O)OC12CC3CC(CC(O)(C3)C1)C2.CCC(C)(C)C(=O)OC1CCOC1=O. The van der Waals surface area contributed by atoms with E-state index in [1.54, 1.807) is 13.8 Å². The zero-order valence-corrected chi connectivity index (χ0v) is 47.4. The van der Waals surface area contributed by atoms with Crippen molar-refractivity contribution in [2.45, 2.75) is 267 Å². The molecule has 0 spiro atoms. The third kappa shape index (κ3) is 12.1. The molecule has 1 saturated heterocycles. The van der Waals surface area contributed by atoms with E-state index >= 15 is 0 Å². The predicted molar refractivity (Wildman–Crippen MR) is 275 cm³/mol. The topological polar surface area (TPSA) is 152 Å². The Morgan fingerprint density at radius 2 is 1.11 bits per heavy atom. The maximum atomic E-state index is 12.7. The summed E-state index contributed by atoms with van der Waals surface area (Å²) in [5, 5.41) is 10.6. The number of hydrogen-bond donors (Lipinski definition) is 1. The van der Waals surface area contributed by atoms with Crippen LogP contribution >= 0.6 is 0 Å². The average molecular weight is 997 g/mol. The fraction of sp³-hybridized carbons (Fsp3) is 0.917. The van der Waals surface area contributed by atoms with E-state index in [9.17, 15) is 29.1 Å². The molecular weight excluding hydrogens is 897 g/mol. The minimum absolute atomic E-state index is 0.0226. The molecule has 8 bridgehead atoms. The Bertz CT molecular complexity index is 1890. The van der Waals surface area contributed by atoms with E-state index in [2.05, 4.69) is 27.7 Å². The first-order chi connectivity index (χ1) is 33.0. The van der Waals surface area contributed by atoms with Gasteiger partial charge in [-0.1, -0.05) is 48.5 Å². The molecule has 0 radical (unpaired) electrons. The number of esters is 5. The van der Waals surface area contributed by atoms with E-state index in [0.717, 1.165) is 100 Å². The van der Waals surface area contributed by atoms with Crippen molar-refractivity contribution in [2.75, 3.05) is 6.61 Å². The Labute approximate surface area is 429 Å². The number of ether oxygens (including phenoxy) is 5. The van der Waals surface area contributed by atoms with Crippen molar-refractivity contribution in [1.29, 1.82) is 0 Å². The monoisotopic (exact) mass is 997 g/mol. The second-order valence-electron chi connectivity index (χ2n) is 27.5. The number of hydrogen-bond acceptors (Lipinski definition) is 11. The molecule has 9 saturated carbocycles. The summed E-state index contributed by atoms with van der Waals surface area (Å²) in [7, 11) is 0. The van der Waals surface area contributed by atoms with Crippen LogP contribution in [0.1, 0.15) is 239 Å². The van der Waals surface area contributed by atoms with E-state index in [-0.39, 0.29) is 51.5 Å². The highest BCUT2D eigenvalue weighted by Crippen LogP contribution is 2.71. The smallest absolute Gasteiger partial charge is 0.347 e. The summed E-state index contributed by atoms with van der Waals surface area (Å²) in [6.07, 6.45) is 21.0. The highest BCUT2D eigenvalue weighted by atomic mass is 16.6. The van der Waals surface area contributed by atoms with Crippen LogP contribution < -0.4 is 0 Å². The van der Waals surface area contributed by atoms with Crippen molar-refractivity contribution in [3.8, 4) is 0 Å². The summed E-state index contributed by atoms with van der Waals surface area (Å²) in [4.78, 5) is 59.8. The lowest BCUT2D eigenvalue weighted by molar-refractivity contribution is -0.225. The normalized spacial score (nSPS) is 35.8. The number of aliphatic hydroxyl groups is 1. The molecule has 0 amide bonds. The molecule has 1 aliphatic heterocycles. The van der Waals surface area contributed by atoms with Crippen LogP contribution in [-0.4, -0.2) is 70.1 Å². The van der Waals surface area contributed by atoms with Crippen LogP contribution in [0.4, 0.5) is 0 Å². The minimum atomic E-state index is -0.687.